The number of nitrogens with zero attached hydrogens (tertiary/aromatic N) is 2. The summed E-state index contributed by atoms with van der Waals surface area (Å²) in [5.74, 6) is -5.64. The molecule has 1 rings (SSSR count). The van der Waals surface area contributed by atoms with Gasteiger partial charge >= 0.3 is 69.4 Å². The third-order valence-electron chi connectivity index (χ3n) is 2.56. The van der Waals surface area contributed by atoms with Crippen molar-refractivity contribution in [3.63, 3.8) is 0 Å². The van der Waals surface area contributed by atoms with E-state index in [1.54, 1.807) is 6.07 Å². The Morgan fingerprint density at radius 1 is 1.04 bits per heavy atom. The van der Waals surface area contributed by atoms with Crippen LogP contribution in [0.3, 0.4) is 0 Å². The van der Waals surface area contributed by atoms with E-state index in [2.05, 4.69) is 0 Å². The molecule has 0 fully saturated rings. The minimum Gasteiger partial charge on any atom is -1.00 e. The van der Waals surface area contributed by atoms with Crippen molar-refractivity contribution in [3.8, 4) is 6.07 Å². The standard InChI is InChI=1S/C12H10N2O8S.Sr.2H/c13-2-6-5(1-7(15)16)10(12(21)22)23-11(6)14(3-8(17)18)4-9(19)20;;;/h1,3-4H2,(H,15,16)(H,17,18)(H,19,20)(H,21,22);;;/q;+2;2*-1. The Morgan fingerprint density at radius 3 is 1.88 bits per heavy atom. The summed E-state index contributed by atoms with van der Waals surface area (Å²) in [7, 11) is 0. The number of hydrogen-bond donors (Lipinski definition) is 4. The van der Waals surface area contributed by atoms with E-state index < -0.39 is 48.3 Å². The molecule has 126 valence electrons. The predicted molar refractivity (Wildman–Crippen MR) is 82.8 cm³/mol. The minimum absolute atomic E-state index is 0. The second-order valence-electron chi connectivity index (χ2n) is 4.22. The van der Waals surface area contributed by atoms with Crippen molar-refractivity contribution in [2.45, 2.75) is 6.42 Å². The summed E-state index contributed by atoms with van der Waals surface area (Å²) in [6, 6.07) is 1.63. The first-order chi connectivity index (χ1) is 10.7. The quantitative estimate of drug-likeness (QED) is 0.402. The van der Waals surface area contributed by atoms with Crippen LogP contribution in [-0.4, -0.2) is 103 Å². The molecule has 1 heterocycles. The number of carboxylic acids is 4. The summed E-state index contributed by atoms with van der Waals surface area (Å²) in [6.45, 7) is -1.57. The second-order valence-corrected chi connectivity index (χ2v) is 5.22. The number of aliphatic carboxylic acids is 3. The first-order valence-corrected chi connectivity index (χ1v) is 6.68. The Morgan fingerprint density at radius 2 is 1.54 bits per heavy atom. The third kappa shape index (κ3) is 5.77. The smallest absolute Gasteiger partial charge is 1.00 e. The summed E-state index contributed by atoms with van der Waals surface area (Å²) in [5, 5.41) is 44.6. The van der Waals surface area contributed by atoms with Crippen LogP contribution in [-0.2, 0) is 20.8 Å². The maximum atomic E-state index is 11.2. The second kappa shape index (κ2) is 9.60. The van der Waals surface area contributed by atoms with Crippen molar-refractivity contribution in [1.82, 2.24) is 0 Å². The molecule has 0 unspecified atom stereocenters. The Hall–Kier alpha value is -1.65. The number of anilines is 1. The first kappa shape index (κ1) is 22.4. The fourth-order valence-corrected chi connectivity index (χ4v) is 2.92. The summed E-state index contributed by atoms with van der Waals surface area (Å²) in [6.07, 6.45) is -0.755. The van der Waals surface area contributed by atoms with Crippen molar-refractivity contribution in [2.75, 3.05) is 18.0 Å². The zero-order chi connectivity index (χ0) is 17.7. The average molecular weight is 432 g/mol. The van der Waals surface area contributed by atoms with Gasteiger partial charge in [0.15, 0.2) is 0 Å². The summed E-state index contributed by atoms with van der Waals surface area (Å²) in [4.78, 5) is 44.1. The number of rotatable bonds is 8. The van der Waals surface area contributed by atoms with E-state index in [-0.39, 0.29) is 64.5 Å². The van der Waals surface area contributed by atoms with Crippen LogP contribution in [0.2, 0.25) is 0 Å². The largest absolute Gasteiger partial charge is 2.00 e. The van der Waals surface area contributed by atoms with Gasteiger partial charge in [-0.15, -0.1) is 11.3 Å². The fraction of sp³-hybridized carbons (Fsp3) is 0.250. The van der Waals surface area contributed by atoms with E-state index in [9.17, 15) is 24.4 Å². The molecule has 1 aromatic heterocycles. The van der Waals surface area contributed by atoms with Crippen molar-refractivity contribution in [1.29, 1.82) is 5.26 Å². The number of hydrogen-bond acceptors (Lipinski definition) is 7. The zero-order valence-electron chi connectivity index (χ0n) is 14.1. The number of carbonyl (C=O) groups is 4. The molecule has 0 saturated heterocycles. The topological polar surface area (TPSA) is 176 Å². The molecule has 0 saturated carbocycles. The van der Waals surface area contributed by atoms with Crippen LogP contribution in [0.5, 0.6) is 0 Å². The van der Waals surface area contributed by atoms with E-state index >= 15 is 0 Å². The van der Waals surface area contributed by atoms with Crippen molar-refractivity contribution in [3.05, 3.63) is 16.0 Å². The van der Waals surface area contributed by atoms with Crippen LogP contribution >= 0.6 is 11.3 Å². The van der Waals surface area contributed by atoms with Gasteiger partial charge in [0.25, 0.3) is 0 Å². The molecule has 0 spiro atoms. The van der Waals surface area contributed by atoms with E-state index in [1.807, 2.05) is 0 Å². The molecule has 0 aliphatic carbocycles. The van der Waals surface area contributed by atoms with E-state index in [1.165, 1.54) is 0 Å². The Kier molecular flexibility index (Phi) is 8.94. The summed E-state index contributed by atoms with van der Waals surface area (Å²) >= 11 is 0.467. The first-order valence-electron chi connectivity index (χ1n) is 5.86. The Balaban J connectivity index is -0.00000176. The molecule has 0 bridgehead atoms. The van der Waals surface area contributed by atoms with Gasteiger partial charge in [-0.1, -0.05) is 0 Å². The number of thiophene rings is 1. The molecule has 4 N–H and O–H groups in total. The van der Waals surface area contributed by atoms with Crippen molar-refractivity contribution < 1.29 is 42.5 Å². The van der Waals surface area contributed by atoms with Gasteiger partial charge in [0, 0.05) is 5.56 Å². The molecule has 0 aliphatic rings. The molecule has 0 aromatic carbocycles. The SMILES string of the molecule is N#Cc1c(N(CC(=O)O)CC(=O)O)sc(C(=O)O)c1CC(=O)O.[H-].[H-].[Sr+2]. The van der Waals surface area contributed by atoms with Crippen LogP contribution in [0.4, 0.5) is 5.00 Å². The van der Waals surface area contributed by atoms with Gasteiger partial charge in [-0.3, -0.25) is 14.4 Å². The molecule has 0 aliphatic heterocycles. The van der Waals surface area contributed by atoms with E-state index in [0.29, 0.717) is 11.3 Å². The Labute approximate surface area is 178 Å². The van der Waals surface area contributed by atoms with Gasteiger partial charge in [0.2, 0.25) is 0 Å². The maximum absolute atomic E-state index is 11.2. The van der Waals surface area contributed by atoms with Crippen LogP contribution in [0, 0.1) is 11.3 Å². The summed E-state index contributed by atoms with van der Waals surface area (Å²) < 4.78 is 0. The van der Waals surface area contributed by atoms with E-state index in [4.69, 9.17) is 20.4 Å². The molecule has 24 heavy (non-hydrogen) atoms. The fourth-order valence-electron chi connectivity index (χ4n) is 1.81. The third-order valence-corrected chi connectivity index (χ3v) is 3.84. The zero-order valence-corrected chi connectivity index (χ0v) is 16.3. The maximum Gasteiger partial charge on any atom is 2.00 e. The van der Waals surface area contributed by atoms with Gasteiger partial charge in [-0.25, -0.2) is 4.79 Å². The predicted octanol–water partition coefficient (Wildman–Crippen LogP) is -0.235. The molecule has 0 radical (unpaired) electrons. The molecule has 10 nitrogen and oxygen atoms in total. The van der Waals surface area contributed by atoms with Crippen LogP contribution in [0.15, 0.2) is 0 Å². The molecule has 12 heteroatoms. The normalized spacial score (nSPS) is 9.46. The number of carboxylic acid groups (broad SMARTS) is 4. The monoisotopic (exact) mass is 432 g/mol. The van der Waals surface area contributed by atoms with Gasteiger partial charge in [-0.2, -0.15) is 5.26 Å². The van der Waals surface area contributed by atoms with Gasteiger partial charge < -0.3 is 28.2 Å². The number of aromatic carboxylic acids is 1. The average Bonchev–Trinajstić information content (AvgIpc) is 2.74. The van der Waals surface area contributed by atoms with Gasteiger partial charge in [0.1, 0.15) is 29.0 Å². The molecular formula is C12H12N2O8SSr. The van der Waals surface area contributed by atoms with Crippen LogP contribution < -0.4 is 4.90 Å². The summed E-state index contributed by atoms with van der Waals surface area (Å²) in [5.41, 5.74) is -0.634. The van der Waals surface area contributed by atoms with Gasteiger partial charge in [0.05, 0.1) is 12.0 Å². The molecule has 0 amide bonds. The van der Waals surface area contributed by atoms with Crippen LogP contribution in [0.25, 0.3) is 0 Å². The van der Waals surface area contributed by atoms with Gasteiger partial charge in [-0.05, 0) is 0 Å². The van der Waals surface area contributed by atoms with Crippen LogP contribution in [0.1, 0.15) is 23.7 Å². The Bertz CT molecular complexity index is 718. The van der Waals surface area contributed by atoms with E-state index in [0.717, 1.165) is 4.90 Å². The van der Waals surface area contributed by atoms with Crippen molar-refractivity contribution in [2.24, 2.45) is 0 Å². The molecular weight excluding hydrogens is 420 g/mol. The molecule has 1 aromatic rings. The minimum atomic E-state index is -1.49. The number of nitriles is 1. The molecule has 0 atom stereocenters. The van der Waals surface area contributed by atoms with Crippen molar-refractivity contribution >= 4 is 85.7 Å².